The van der Waals surface area contributed by atoms with Gasteiger partial charge in [-0.15, -0.1) is 0 Å². The number of hydrogen-bond donors (Lipinski definition) is 3. The number of aromatic nitrogens is 1. The highest BCUT2D eigenvalue weighted by Gasteiger charge is 2.20. The summed E-state index contributed by atoms with van der Waals surface area (Å²) in [4.78, 5) is 9.33. The summed E-state index contributed by atoms with van der Waals surface area (Å²) in [7, 11) is 0. The van der Waals surface area contributed by atoms with Gasteiger partial charge in [0, 0.05) is 23.1 Å². The van der Waals surface area contributed by atoms with Crippen molar-refractivity contribution in [3.8, 4) is 0 Å². The summed E-state index contributed by atoms with van der Waals surface area (Å²) in [6.45, 7) is 0. The lowest BCUT2D eigenvalue weighted by molar-refractivity contribution is 0.102. The van der Waals surface area contributed by atoms with Crippen LogP contribution in [-0.4, -0.2) is 15.9 Å². The average Bonchev–Trinajstić information content (AvgIpc) is 2.77. The van der Waals surface area contributed by atoms with E-state index in [4.69, 9.17) is 10.6 Å². The van der Waals surface area contributed by atoms with E-state index in [1.54, 1.807) is 24.4 Å². The number of aliphatic hydroxyl groups excluding tert-OH is 1. The number of oxime groups is 1. The van der Waals surface area contributed by atoms with Gasteiger partial charge in [0.1, 0.15) is 5.69 Å². The van der Waals surface area contributed by atoms with E-state index < -0.39 is 0 Å². The molecule has 4 rings (SSSR count). The summed E-state index contributed by atoms with van der Waals surface area (Å²) in [6.07, 6.45) is 3.42. The Bertz CT molecular complexity index is 1070. The summed E-state index contributed by atoms with van der Waals surface area (Å²) in [5.74, 6) is -0.275. The topological polar surface area (TPSA) is 92.8 Å². The Morgan fingerprint density at radius 2 is 1.71 bits per heavy atom. The number of nitrogens with one attached hydrogen (secondary N) is 1. The van der Waals surface area contributed by atoms with Gasteiger partial charge in [-0.1, -0.05) is 59.8 Å². The molecule has 1 aromatic heterocycles. The average molecular weight is 370 g/mol. The molecule has 3 aromatic rings. The van der Waals surface area contributed by atoms with Crippen LogP contribution in [0.5, 0.6) is 0 Å². The van der Waals surface area contributed by atoms with Gasteiger partial charge < -0.3 is 21.0 Å². The zero-order valence-electron chi connectivity index (χ0n) is 14.9. The van der Waals surface area contributed by atoms with Crippen LogP contribution in [0.4, 0.5) is 5.69 Å². The van der Waals surface area contributed by atoms with Gasteiger partial charge in [-0.25, -0.2) is 0 Å². The molecule has 0 aliphatic carbocycles. The van der Waals surface area contributed by atoms with E-state index in [2.05, 4.69) is 15.5 Å². The van der Waals surface area contributed by atoms with Crippen molar-refractivity contribution in [2.75, 3.05) is 5.32 Å². The molecule has 28 heavy (non-hydrogen) atoms. The van der Waals surface area contributed by atoms with Crippen LogP contribution in [-0.2, 0) is 4.84 Å². The molecule has 138 valence electrons. The Balaban J connectivity index is 1.71. The lowest BCUT2D eigenvalue weighted by Crippen LogP contribution is -2.15. The van der Waals surface area contributed by atoms with Crippen LogP contribution in [0, 0.1) is 0 Å². The van der Waals surface area contributed by atoms with E-state index >= 15 is 0 Å². The summed E-state index contributed by atoms with van der Waals surface area (Å²) in [5.41, 5.74) is 10.3. The quantitative estimate of drug-likeness (QED) is 0.278. The van der Waals surface area contributed by atoms with E-state index in [0.29, 0.717) is 11.3 Å². The highest BCUT2D eigenvalue weighted by atomic mass is 16.7. The van der Waals surface area contributed by atoms with Gasteiger partial charge in [-0.05, 0) is 29.8 Å². The van der Waals surface area contributed by atoms with E-state index in [1.807, 2.05) is 60.7 Å². The SMILES string of the molecule is N/C(=N\O/C(O)=C1\C=C(c2ccccc2)Nc2ccccc21)c1ccccn1. The van der Waals surface area contributed by atoms with Crippen LogP contribution in [0.1, 0.15) is 16.8 Å². The van der Waals surface area contributed by atoms with Crippen molar-refractivity contribution in [2.45, 2.75) is 0 Å². The summed E-state index contributed by atoms with van der Waals surface area (Å²) >= 11 is 0. The van der Waals surface area contributed by atoms with Crippen molar-refractivity contribution in [1.29, 1.82) is 0 Å². The first-order valence-corrected chi connectivity index (χ1v) is 8.71. The van der Waals surface area contributed by atoms with E-state index in [9.17, 15) is 5.11 Å². The number of aliphatic hydroxyl groups is 1. The number of allylic oxidation sites excluding steroid dienone is 2. The number of anilines is 1. The molecule has 0 fully saturated rings. The van der Waals surface area contributed by atoms with E-state index in [1.165, 1.54) is 0 Å². The fourth-order valence-electron chi connectivity index (χ4n) is 2.88. The van der Waals surface area contributed by atoms with Gasteiger partial charge in [0.15, 0.2) is 5.84 Å². The fourth-order valence-corrected chi connectivity index (χ4v) is 2.88. The van der Waals surface area contributed by atoms with Crippen LogP contribution >= 0.6 is 0 Å². The fraction of sp³-hybridized carbons (Fsp3) is 0. The van der Waals surface area contributed by atoms with Gasteiger partial charge >= 0.3 is 5.95 Å². The standard InChI is InChI=1S/C22H18N4O2/c23-21(19-12-6-7-13-24-19)26-28-22(27)17-14-20(15-8-2-1-3-9-15)25-18-11-5-4-10-16(17)18/h1-14,25,27H,(H2,23,26)/b22-17+. The highest BCUT2D eigenvalue weighted by molar-refractivity contribution is 5.98. The smallest absolute Gasteiger partial charge is 0.315 e. The molecule has 6 heteroatoms. The number of amidine groups is 1. The van der Waals surface area contributed by atoms with Crippen molar-refractivity contribution in [2.24, 2.45) is 10.9 Å². The van der Waals surface area contributed by atoms with Gasteiger partial charge in [0.25, 0.3) is 0 Å². The van der Waals surface area contributed by atoms with Crippen molar-refractivity contribution < 1.29 is 9.94 Å². The number of hydrogen-bond acceptors (Lipinski definition) is 5. The second-order valence-corrected chi connectivity index (χ2v) is 6.10. The number of para-hydroxylation sites is 1. The normalized spacial score (nSPS) is 15.1. The Morgan fingerprint density at radius 1 is 0.964 bits per heavy atom. The van der Waals surface area contributed by atoms with E-state index in [-0.39, 0.29) is 11.8 Å². The summed E-state index contributed by atoms with van der Waals surface area (Å²) in [5, 5.41) is 17.8. The molecule has 1 aliphatic rings. The zero-order valence-corrected chi connectivity index (χ0v) is 14.9. The largest absolute Gasteiger partial charge is 0.479 e. The highest BCUT2D eigenvalue weighted by Crippen LogP contribution is 2.36. The summed E-state index contributed by atoms with van der Waals surface area (Å²) in [6, 6.07) is 22.7. The van der Waals surface area contributed by atoms with Gasteiger partial charge in [0.2, 0.25) is 0 Å². The number of nitrogens with zero attached hydrogens (tertiary/aromatic N) is 2. The van der Waals surface area contributed by atoms with Crippen LogP contribution in [0.3, 0.4) is 0 Å². The van der Waals surface area contributed by atoms with Gasteiger partial charge in [-0.2, -0.15) is 0 Å². The number of fused-ring (bicyclic) bond motifs is 1. The second-order valence-electron chi connectivity index (χ2n) is 6.10. The number of benzene rings is 2. The molecule has 0 saturated heterocycles. The lowest BCUT2D eigenvalue weighted by Gasteiger charge is -2.21. The molecular formula is C22H18N4O2. The van der Waals surface area contributed by atoms with Crippen molar-refractivity contribution in [1.82, 2.24) is 4.98 Å². The molecule has 0 radical (unpaired) electrons. The predicted molar refractivity (Wildman–Crippen MR) is 110 cm³/mol. The Morgan fingerprint density at radius 3 is 2.50 bits per heavy atom. The number of rotatable bonds is 4. The lowest BCUT2D eigenvalue weighted by atomic mass is 9.97. The first-order chi connectivity index (χ1) is 13.7. The third-order valence-electron chi connectivity index (χ3n) is 4.25. The molecule has 0 atom stereocenters. The Kier molecular flexibility index (Phi) is 4.76. The second kappa shape index (κ2) is 7.67. The minimum absolute atomic E-state index is 0.0715. The zero-order chi connectivity index (χ0) is 19.3. The maximum atomic E-state index is 10.6. The third kappa shape index (κ3) is 3.57. The minimum atomic E-state index is -0.346. The van der Waals surface area contributed by atoms with Crippen LogP contribution in [0.2, 0.25) is 0 Å². The van der Waals surface area contributed by atoms with Crippen LogP contribution in [0.25, 0.3) is 11.3 Å². The van der Waals surface area contributed by atoms with Crippen molar-refractivity contribution in [3.05, 3.63) is 108 Å². The van der Waals surface area contributed by atoms with Gasteiger partial charge in [-0.3, -0.25) is 4.98 Å². The predicted octanol–water partition coefficient (Wildman–Crippen LogP) is 4.11. The molecule has 2 heterocycles. The molecule has 1 aliphatic heterocycles. The molecule has 0 spiro atoms. The maximum absolute atomic E-state index is 10.6. The molecule has 0 amide bonds. The third-order valence-corrected chi connectivity index (χ3v) is 4.25. The minimum Gasteiger partial charge on any atom is -0.479 e. The molecule has 4 N–H and O–H groups in total. The van der Waals surface area contributed by atoms with Gasteiger partial charge in [0.05, 0.1) is 5.57 Å². The molecule has 6 nitrogen and oxygen atoms in total. The van der Waals surface area contributed by atoms with Crippen molar-refractivity contribution in [3.63, 3.8) is 0 Å². The first-order valence-electron chi connectivity index (χ1n) is 8.71. The maximum Gasteiger partial charge on any atom is 0.315 e. The molecule has 0 saturated carbocycles. The molecular weight excluding hydrogens is 352 g/mol. The Hall–Kier alpha value is -4.06. The number of nitrogens with two attached hydrogens (primary N) is 1. The number of pyridine rings is 1. The molecule has 0 unspecified atom stereocenters. The van der Waals surface area contributed by atoms with Crippen LogP contribution in [0.15, 0.2) is 96.2 Å². The van der Waals surface area contributed by atoms with E-state index in [0.717, 1.165) is 22.5 Å². The molecule has 0 bridgehead atoms. The first kappa shape index (κ1) is 17.4. The summed E-state index contributed by atoms with van der Waals surface area (Å²) < 4.78 is 0. The Labute approximate surface area is 162 Å². The van der Waals surface area contributed by atoms with Crippen molar-refractivity contribution >= 4 is 22.8 Å². The molecule has 2 aromatic carbocycles. The monoisotopic (exact) mass is 370 g/mol. The van der Waals surface area contributed by atoms with Crippen LogP contribution < -0.4 is 11.1 Å².